The lowest BCUT2D eigenvalue weighted by Gasteiger charge is -2.30. The van der Waals surface area contributed by atoms with Crippen molar-refractivity contribution in [2.24, 2.45) is 0 Å². The molecule has 1 aliphatic heterocycles. The van der Waals surface area contributed by atoms with Crippen LogP contribution < -0.4 is 10.2 Å². The van der Waals surface area contributed by atoms with Crippen LogP contribution in [0.25, 0.3) is 0 Å². The number of hydrogen-bond donors (Lipinski definition) is 1. The Hall–Kier alpha value is -1.56. The third kappa shape index (κ3) is 3.37. The molecule has 3 rings (SSSR count). The molecule has 21 heavy (non-hydrogen) atoms. The van der Waals surface area contributed by atoms with Crippen LogP contribution in [-0.2, 0) is 4.74 Å². The van der Waals surface area contributed by atoms with Gasteiger partial charge in [-0.2, -0.15) is 0 Å². The number of morpholine rings is 1. The van der Waals surface area contributed by atoms with E-state index in [1.165, 1.54) is 11.3 Å². The molecule has 0 radical (unpaired) electrons. The summed E-state index contributed by atoms with van der Waals surface area (Å²) in [5.41, 5.74) is 1.84. The highest BCUT2D eigenvalue weighted by molar-refractivity contribution is 7.18. The van der Waals surface area contributed by atoms with Gasteiger partial charge in [0.25, 0.3) is 5.91 Å². The summed E-state index contributed by atoms with van der Waals surface area (Å²) in [5.74, 6) is -0.132. The Morgan fingerprint density at radius 1 is 1.19 bits per heavy atom. The topological polar surface area (TPSA) is 41.6 Å². The molecule has 0 aliphatic carbocycles. The van der Waals surface area contributed by atoms with Crippen molar-refractivity contribution in [1.29, 1.82) is 0 Å². The molecule has 0 atom stereocenters. The summed E-state index contributed by atoms with van der Waals surface area (Å²) < 4.78 is 5.98. The van der Waals surface area contributed by atoms with E-state index in [1.807, 2.05) is 24.3 Å². The van der Waals surface area contributed by atoms with Gasteiger partial charge in [0.1, 0.15) is 0 Å². The van der Waals surface area contributed by atoms with Crippen LogP contribution in [0.4, 0.5) is 11.4 Å². The SMILES string of the molecule is O=C(Nc1ccccc1N1CCOCC1)c1ccc(Cl)s1. The summed E-state index contributed by atoms with van der Waals surface area (Å²) in [6.45, 7) is 3.08. The predicted octanol–water partition coefficient (Wildman–Crippen LogP) is 3.49. The highest BCUT2D eigenvalue weighted by Crippen LogP contribution is 2.28. The predicted molar refractivity (Wildman–Crippen MR) is 86.8 cm³/mol. The Balaban J connectivity index is 1.80. The molecule has 2 aromatic rings. The summed E-state index contributed by atoms with van der Waals surface area (Å²) in [6, 6.07) is 11.3. The number of rotatable bonds is 3. The molecular weight excluding hydrogens is 308 g/mol. The highest BCUT2D eigenvalue weighted by Gasteiger charge is 2.16. The van der Waals surface area contributed by atoms with Crippen molar-refractivity contribution in [3.8, 4) is 0 Å². The van der Waals surface area contributed by atoms with Crippen molar-refractivity contribution < 1.29 is 9.53 Å². The largest absolute Gasteiger partial charge is 0.378 e. The minimum Gasteiger partial charge on any atom is -0.378 e. The van der Waals surface area contributed by atoms with Gasteiger partial charge >= 0.3 is 0 Å². The monoisotopic (exact) mass is 322 g/mol. The van der Waals surface area contributed by atoms with Crippen LogP contribution >= 0.6 is 22.9 Å². The van der Waals surface area contributed by atoms with Crippen LogP contribution in [0.15, 0.2) is 36.4 Å². The van der Waals surface area contributed by atoms with Crippen LogP contribution in [0.3, 0.4) is 0 Å². The molecule has 1 aromatic carbocycles. The normalized spacial score (nSPS) is 15.0. The van der Waals surface area contributed by atoms with E-state index >= 15 is 0 Å². The number of ether oxygens (including phenoxy) is 1. The molecule has 1 amide bonds. The molecule has 2 heterocycles. The van der Waals surface area contributed by atoms with Gasteiger partial charge in [-0.3, -0.25) is 4.79 Å². The Morgan fingerprint density at radius 3 is 2.67 bits per heavy atom. The van der Waals surface area contributed by atoms with Crippen LogP contribution in [0, 0.1) is 0 Å². The van der Waals surface area contributed by atoms with Gasteiger partial charge in [0.05, 0.1) is 33.8 Å². The highest BCUT2D eigenvalue weighted by atomic mass is 35.5. The van der Waals surface area contributed by atoms with Crippen LogP contribution in [-0.4, -0.2) is 32.2 Å². The first-order valence-corrected chi connectivity index (χ1v) is 7.92. The first-order chi connectivity index (χ1) is 10.2. The summed E-state index contributed by atoms with van der Waals surface area (Å²) in [7, 11) is 0. The van der Waals surface area contributed by atoms with E-state index in [0.29, 0.717) is 22.4 Å². The zero-order chi connectivity index (χ0) is 14.7. The minimum absolute atomic E-state index is 0.132. The van der Waals surface area contributed by atoms with E-state index in [-0.39, 0.29) is 5.91 Å². The molecular formula is C15H15ClN2O2S. The van der Waals surface area contributed by atoms with Crippen molar-refractivity contribution in [3.05, 3.63) is 45.6 Å². The van der Waals surface area contributed by atoms with Gasteiger partial charge in [0.2, 0.25) is 0 Å². The van der Waals surface area contributed by atoms with Gasteiger partial charge in [-0.1, -0.05) is 23.7 Å². The van der Waals surface area contributed by atoms with Crippen molar-refractivity contribution in [2.75, 3.05) is 36.5 Å². The van der Waals surface area contributed by atoms with E-state index in [9.17, 15) is 4.79 Å². The van der Waals surface area contributed by atoms with Gasteiger partial charge < -0.3 is 15.0 Å². The Morgan fingerprint density at radius 2 is 1.95 bits per heavy atom. The molecule has 0 spiro atoms. The lowest BCUT2D eigenvalue weighted by Crippen LogP contribution is -2.36. The smallest absolute Gasteiger partial charge is 0.265 e. The number of amides is 1. The average molecular weight is 323 g/mol. The van der Waals surface area contributed by atoms with Crippen LogP contribution in [0.1, 0.15) is 9.67 Å². The summed E-state index contributed by atoms with van der Waals surface area (Å²) >= 11 is 7.15. The molecule has 1 saturated heterocycles. The fourth-order valence-corrected chi connectivity index (χ4v) is 3.22. The van der Waals surface area contributed by atoms with E-state index in [1.54, 1.807) is 12.1 Å². The molecule has 4 nitrogen and oxygen atoms in total. The van der Waals surface area contributed by atoms with Gasteiger partial charge in [-0.15, -0.1) is 11.3 Å². The summed E-state index contributed by atoms with van der Waals surface area (Å²) in [4.78, 5) is 15.1. The van der Waals surface area contributed by atoms with Crippen LogP contribution in [0.2, 0.25) is 4.34 Å². The zero-order valence-electron chi connectivity index (χ0n) is 11.3. The van der Waals surface area contributed by atoms with E-state index < -0.39 is 0 Å². The first kappa shape index (κ1) is 14.4. The van der Waals surface area contributed by atoms with Gasteiger partial charge in [0.15, 0.2) is 0 Å². The maximum Gasteiger partial charge on any atom is 0.265 e. The zero-order valence-corrected chi connectivity index (χ0v) is 12.9. The molecule has 1 N–H and O–H groups in total. The number of carbonyl (C=O) groups excluding carboxylic acids is 1. The minimum atomic E-state index is -0.132. The number of hydrogen-bond acceptors (Lipinski definition) is 4. The van der Waals surface area contributed by atoms with Crippen molar-refractivity contribution >= 4 is 40.2 Å². The molecule has 0 saturated carbocycles. The number of para-hydroxylation sites is 2. The summed E-state index contributed by atoms with van der Waals surface area (Å²) in [6.07, 6.45) is 0. The standard InChI is InChI=1S/C15H15ClN2O2S/c16-14-6-5-13(21-14)15(19)17-11-3-1-2-4-12(11)18-7-9-20-10-8-18/h1-6H,7-10H2,(H,17,19). The van der Waals surface area contributed by atoms with Crippen molar-refractivity contribution in [1.82, 2.24) is 0 Å². The Labute approximate surface area is 132 Å². The number of nitrogens with one attached hydrogen (secondary N) is 1. The number of anilines is 2. The number of thiophene rings is 1. The quantitative estimate of drug-likeness (QED) is 0.940. The fourth-order valence-electron chi connectivity index (χ4n) is 2.28. The summed E-state index contributed by atoms with van der Waals surface area (Å²) in [5, 5.41) is 2.97. The Bertz CT molecular complexity index is 638. The fraction of sp³-hybridized carbons (Fsp3) is 0.267. The Kier molecular flexibility index (Phi) is 4.43. The van der Waals surface area contributed by atoms with E-state index in [0.717, 1.165) is 24.5 Å². The van der Waals surface area contributed by atoms with E-state index in [4.69, 9.17) is 16.3 Å². The second kappa shape index (κ2) is 6.47. The molecule has 0 unspecified atom stereocenters. The van der Waals surface area contributed by atoms with Crippen LogP contribution in [0.5, 0.6) is 0 Å². The average Bonchev–Trinajstić information content (AvgIpc) is 2.95. The maximum atomic E-state index is 12.3. The first-order valence-electron chi connectivity index (χ1n) is 6.72. The third-order valence-corrected chi connectivity index (χ3v) is 4.53. The van der Waals surface area contributed by atoms with Gasteiger partial charge in [-0.25, -0.2) is 0 Å². The lowest BCUT2D eigenvalue weighted by atomic mass is 10.2. The molecule has 1 fully saturated rings. The van der Waals surface area contributed by atoms with E-state index in [2.05, 4.69) is 10.2 Å². The third-order valence-electron chi connectivity index (χ3n) is 3.30. The second-order valence-electron chi connectivity index (χ2n) is 4.67. The van der Waals surface area contributed by atoms with Crippen molar-refractivity contribution in [3.63, 3.8) is 0 Å². The number of benzene rings is 1. The van der Waals surface area contributed by atoms with Gasteiger partial charge in [-0.05, 0) is 24.3 Å². The molecule has 110 valence electrons. The lowest BCUT2D eigenvalue weighted by molar-refractivity contribution is 0.103. The second-order valence-corrected chi connectivity index (χ2v) is 6.39. The maximum absolute atomic E-state index is 12.3. The molecule has 1 aliphatic rings. The number of halogens is 1. The number of carbonyl (C=O) groups is 1. The molecule has 1 aromatic heterocycles. The molecule has 6 heteroatoms. The van der Waals surface area contributed by atoms with Gasteiger partial charge in [0, 0.05) is 13.1 Å². The number of nitrogens with zero attached hydrogens (tertiary/aromatic N) is 1. The van der Waals surface area contributed by atoms with Crippen molar-refractivity contribution in [2.45, 2.75) is 0 Å². The molecule has 0 bridgehead atoms.